The van der Waals surface area contributed by atoms with Crippen molar-refractivity contribution in [1.29, 1.82) is 0 Å². The molecule has 1 saturated heterocycles. The minimum atomic E-state index is -0.271. The lowest BCUT2D eigenvalue weighted by Gasteiger charge is -2.14. The number of likely N-dealkylation sites (tertiary alicyclic amines) is 1. The largest absolute Gasteiger partial charge is 0.481 e. The minimum absolute atomic E-state index is 0.154. The van der Waals surface area contributed by atoms with Gasteiger partial charge in [0.2, 0.25) is 17.7 Å². The van der Waals surface area contributed by atoms with Gasteiger partial charge in [0, 0.05) is 24.5 Å². The normalized spacial score (nSPS) is 13.9. The summed E-state index contributed by atoms with van der Waals surface area (Å²) in [4.78, 5) is 40.8. The first-order chi connectivity index (χ1) is 12.1. The molecule has 0 atom stereocenters. The van der Waals surface area contributed by atoms with Crippen LogP contribution in [0.15, 0.2) is 42.6 Å². The smallest absolute Gasteiger partial charge is 0.255 e. The van der Waals surface area contributed by atoms with E-state index in [2.05, 4.69) is 10.3 Å². The third-order valence-corrected chi connectivity index (χ3v) is 3.92. The molecule has 1 aromatic carbocycles. The number of anilines is 1. The molecule has 3 rings (SSSR count). The van der Waals surface area contributed by atoms with E-state index in [9.17, 15) is 14.4 Å². The number of pyridine rings is 1. The molecule has 0 aliphatic carbocycles. The van der Waals surface area contributed by atoms with Crippen LogP contribution in [0.1, 0.15) is 28.8 Å². The van der Waals surface area contributed by atoms with Crippen molar-refractivity contribution >= 4 is 23.4 Å². The lowest BCUT2D eigenvalue weighted by molar-refractivity contribution is -0.139. The first kappa shape index (κ1) is 16.6. The molecule has 7 nitrogen and oxygen atoms in total. The van der Waals surface area contributed by atoms with Crippen LogP contribution in [0.4, 0.5) is 5.69 Å². The van der Waals surface area contributed by atoms with Crippen molar-refractivity contribution in [3.8, 4) is 5.88 Å². The number of ether oxygens (including phenoxy) is 1. The lowest BCUT2D eigenvalue weighted by Crippen LogP contribution is -2.28. The zero-order valence-electron chi connectivity index (χ0n) is 13.7. The number of nitrogens with one attached hydrogen (secondary N) is 1. The molecule has 128 valence electrons. The molecule has 1 aromatic heterocycles. The Bertz CT molecular complexity index is 784. The van der Waals surface area contributed by atoms with Gasteiger partial charge < -0.3 is 10.1 Å². The Morgan fingerprint density at radius 3 is 2.36 bits per heavy atom. The summed E-state index contributed by atoms with van der Waals surface area (Å²) < 4.78 is 4.97. The van der Waals surface area contributed by atoms with E-state index in [-0.39, 0.29) is 37.1 Å². The third-order valence-electron chi connectivity index (χ3n) is 3.92. The first-order valence-electron chi connectivity index (χ1n) is 7.80. The molecule has 0 saturated carbocycles. The Balaban J connectivity index is 1.63. The predicted octanol–water partition coefficient (Wildman–Crippen LogP) is 1.99. The van der Waals surface area contributed by atoms with Crippen molar-refractivity contribution in [1.82, 2.24) is 9.88 Å². The molecule has 1 fully saturated rings. The van der Waals surface area contributed by atoms with Crippen LogP contribution in [0.5, 0.6) is 5.88 Å². The summed E-state index contributed by atoms with van der Waals surface area (Å²) in [7, 11) is 1.52. The Morgan fingerprint density at radius 2 is 1.80 bits per heavy atom. The van der Waals surface area contributed by atoms with E-state index in [4.69, 9.17) is 4.74 Å². The number of benzene rings is 1. The number of carbonyl (C=O) groups excluding carboxylic acids is 3. The molecule has 0 radical (unpaired) electrons. The van der Waals surface area contributed by atoms with Crippen molar-refractivity contribution in [2.24, 2.45) is 0 Å². The number of imide groups is 1. The molecule has 7 heteroatoms. The maximum atomic E-state index is 12.2. The van der Waals surface area contributed by atoms with Crippen molar-refractivity contribution in [3.63, 3.8) is 0 Å². The molecule has 1 N–H and O–H groups in total. The number of methoxy groups -OCH3 is 1. The van der Waals surface area contributed by atoms with Gasteiger partial charge in [-0.05, 0) is 23.8 Å². The molecular weight excluding hydrogens is 322 g/mol. The monoisotopic (exact) mass is 339 g/mol. The Morgan fingerprint density at radius 1 is 1.12 bits per heavy atom. The second kappa shape index (κ2) is 7.12. The predicted molar refractivity (Wildman–Crippen MR) is 90.0 cm³/mol. The van der Waals surface area contributed by atoms with E-state index in [0.29, 0.717) is 17.1 Å². The van der Waals surface area contributed by atoms with E-state index in [1.807, 2.05) is 0 Å². The van der Waals surface area contributed by atoms with Crippen molar-refractivity contribution in [2.45, 2.75) is 19.4 Å². The molecule has 2 aromatic rings. The van der Waals surface area contributed by atoms with Crippen LogP contribution in [0.2, 0.25) is 0 Å². The molecule has 25 heavy (non-hydrogen) atoms. The van der Waals surface area contributed by atoms with Gasteiger partial charge >= 0.3 is 0 Å². The highest BCUT2D eigenvalue weighted by Gasteiger charge is 2.28. The summed E-state index contributed by atoms with van der Waals surface area (Å²) in [5, 5.41) is 2.74. The van der Waals surface area contributed by atoms with Gasteiger partial charge in [0.15, 0.2) is 0 Å². The van der Waals surface area contributed by atoms with E-state index in [1.54, 1.807) is 36.4 Å². The number of amides is 3. The van der Waals surface area contributed by atoms with Crippen LogP contribution >= 0.6 is 0 Å². The standard InChI is InChI=1S/C18H17N3O4/c1-25-15-7-6-14(10-19-15)20-18(24)13-4-2-12(3-5-13)11-21-16(22)8-9-17(21)23/h2-7,10H,8-9,11H2,1H3,(H,20,24). The molecule has 2 heterocycles. The molecule has 3 amide bonds. The molecular formula is C18H17N3O4. The maximum absolute atomic E-state index is 12.2. The Labute approximate surface area is 144 Å². The molecule has 0 spiro atoms. The van der Waals surface area contributed by atoms with Gasteiger partial charge in [-0.15, -0.1) is 0 Å². The van der Waals surface area contributed by atoms with Gasteiger partial charge in [-0.3, -0.25) is 19.3 Å². The van der Waals surface area contributed by atoms with Crippen LogP contribution in [-0.2, 0) is 16.1 Å². The summed E-state index contributed by atoms with van der Waals surface area (Å²) in [6.07, 6.45) is 2.06. The highest BCUT2D eigenvalue weighted by Crippen LogP contribution is 2.17. The fourth-order valence-electron chi connectivity index (χ4n) is 2.52. The van der Waals surface area contributed by atoms with Gasteiger partial charge in [0.1, 0.15) is 0 Å². The average molecular weight is 339 g/mol. The van der Waals surface area contributed by atoms with Crippen LogP contribution in [-0.4, -0.2) is 34.7 Å². The van der Waals surface area contributed by atoms with Gasteiger partial charge in [0.05, 0.1) is 25.5 Å². The fourth-order valence-corrected chi connectivity index (χ4v) is 2.52. The molecule has 1 aliphatic rings. The van der Waals surface area contributed by atoms with E-state index in [1.165, 1.54) is 18.2 Å². The highest BCUT2D eigenvalue weighted by atomic mass is 16.5. The Hall–Kier alpha value is -3.22. The molecule has 0 unspecified atom stereocenters. The second-order valence-corrected chi connectivity index (χ2v) is 5.61. The van der Waals surface area contributed by atoms with Crippen LogP contribution in [0, 0.1) is 0 Å². The van der Waals surface area contributed by atoms with Crippen LogP contribution in [0.3, 0.4) is 0 Å². The maximum Gasteiger partial charge on any atom is 0.255 e. The fraction of sp³-hybridized carbons (Fsp3) is 0.222. The highest BCUT2D eigenvalue weighted by molar-refractivity contribution is 6.04. The lowest BCUT2D eigenvalue weighted by atomic mass is 10.1. The van der Waals surface area contributed by atoms with Gasteiger partial charge in [0.25, 0.3) is 5.91 Å². The SMILES string of the molecule is COc1ccc(NC(=O)c2ccc(CN3C(=O)CCC3=O)cc2)cn1. The minimum Gasteiger partial charge on any atom is -0.481 e. The molecule has 1 aliphatic heterocycles. The third kappa shape index (κ3) is 3.82. The number of hydrogen-bond donors (Lipinski definition) is 1. The molecule has 0 bridgehead atoms. The Kier molecular flexibility index (Phi) is 4.74. The van der Waals surface area contributed by atoms with Crippen LogP contribution in [0.25, 0.3) is 0 Å². The zero-order valence-corrected chi connectivity index (χ0v) is 13.7. The number of carbonyl (C=O) groups is 3. The summed E-state index contributed by atoms with van der Waals surface area (Å²) in [5.41, 5.74) is 1.83. The summed E-state index contributed by atoms with van der Waals surface area (Å²) in [5.74, 6) is -0.113. The number of aromatic nitrogens is 1. The summed E-state index contributed by atoms with van der Waals surface area (Å²) in [6.45, 7) is 0.238. The van der Waals surface area contributed by atoms with E-state index >= 15 is 0 Å². The van der Waals surface area contributed by atoms with Crippen molar-refractivity contribution in [3.05, 3.63) is 53.7 Å². The first-order valence-corrected chi connectivity index (χ1v) is 7.80. The van der Waals surface area contributed by atoms with Gasteiger partial charge in [-0.25, -0.2) is 4.98 Å². The van der Waals surface area contributed by atoms with Crippen LogP contribution < -0.4 is 10.1 Å². The van der Waals surface area contributed by atoms with E-state index in [0.717, 1.165) is 5.56 Å². The van der Waals surface area contributed by atoms with E-state index < -0.39 is 0 Å². The van der Waals surface area contributed by atoms with Gasteiger partial charge in [-0.1, -0.05) is 12.1 Å². The number of rotatable bonds is 5. The average Bonchev–Trinajstić information content (AvgIpc) is 2.95. The number of hydrogen-bond acceptors (Lipinski definition) is 5. The van der Waals surface area contributed by atoms with Gasteiger partial charge in [-0.2, -0.15) is 0 Å². The summed E-state index contributed by atoms with van der Waals surface area (Å²) >= 11 is 0. The van der Waals surface area contributed by atoms with Crippen molar-refractivity contribution < 1.29 is 19.1 Å². The summed E-state index contributed by atoms with van der Waals surface area (Å²) in [6, 6.07) is 10.1. The zero-order chi connectivity index (χ0) is 17.8. The second-order valence-electron chi connectivity index (χ2n) is 5.61. The quantitative estimate of drug-likeness (QED) is 0.842. The number of nitrogens with zero attached hydrogens (tertiary/aromatic N) is 2. The topological polar surface area (TPSA) is 88.6 Å². The van der Waals surface area contributed by atoms with Crippen molar-refractivity contribution in [2.75, 3.05) is 12.4 Å².